The number of amidine groups is 1. The van der Waals surface area contributed by atoms with Crippen LogP contribution in [0.3, 0.4) is 0 Å². The van der Waals surface area contributed by atoms with E-state index in [0.29, 0.717) is 0 Å². The average molecular weight is 270 g/mol. The van der Waals surface area contributed by atoms with Crippen molar-refractivity contribution >= 4 is 27.7 Å². The number of hydrogen-bond donors (Lipinski definition) is 1. The van der Waals surface area contributed by atoms with Crippen molar-refractivity contribution in [1.82, 2.24) is 5.32 Å². The van der Waals surface area contributed by atoms with Gasteiger partial charge in [-0.2, -0.15) is 0 Å². The Balaban J connectivity index is 1.85. The lowest BCUT2D eigenvalue weighted by atomic mass is 10.1. The van der Waals surface area contributed by atoms with Crippen LogP contribution in [0.4, 0.5) is 0 Å². The molecule has 0 saturated carbocycles. The van der Waals surface area contributed by atoms with E-state index in [1.807, 2.05) is 11.8 Å². The van der Waals surface area contributed by atoms with Crippen LogP contribution < -0.4 is 5.32 Å². The maximum atomic E-state index is 4.71. The molecule has 1 heterocycles. The summed E-state index contributed by atoms with van der Waals surface area (Å²) >= 11 is 1.81. The van der Waals surface area contributed by atoms with Crippen molar-refractivity contribution in [2.75, 3.05) is 5.75 Å². The second-order valence-electron chi connectivity index (χ2n) is 5.56. The largest absolute Gasteiger partial charge is 0.359 e. The van der Waals surface area contributed by atoms with Crippen LogP contribution in [0.5, 0.6) is 0 Å². The number of nitrogens with zero attached hydrogens (tertiary/aromatic N) is 1. The minimum atomic E-state index is 0.169. The monoisotopic (exact) mass is 270 g/mol. The van der Waals surface area contributed by atoms with Gasteiger partial charge in [0.15, 0.2) is 5.17 Å². The SMILES string of the molecule is CC1(C)CSC(=NCc2cccc3ccccc23)N1. The Kier molecular flexibility index (Phi) is 3.23. The Labute approximate surface area is 118 Å². The zero-order valence-electron chi connectivity index (χ0n) is 11.3. The number of benzene rings is 2. The van der Waals surface area contributed by atoms with Gasteiger partial charge in [-0.1, -0.05) is 54.2 Å². The third-order valence-electron chi connectivity index (χ3n) is 3.29. The van der Waals surface area contributed by atoms with Crippen LogP contribution in [0.1, 0.15) is 19.4 Å². The van der Waals surface area contributed by atoms with Crippen molar-refractivity contribution in [1.29, 1.82) is 0 Å². The van der Waals surface area contributed by atoms with Crippen molar-refractivity contribution in [3.05, 3.63) is 48.0 Å². The minimum absolute atomic E-state index is 0.169. The summed E-state index contributed by atoms with van der Waals surface area (Å²) in [6.07, 6.45) is 0. The summed E-state index contributed by atoms with van der Waals surface area (Å²) in [5.41, 5.74) is 1.46. The van der Waals surface area contributed by atoms with Gasteiger partial charge in [0.05, 0.1) is 6.54 Å². The van der Waals surface area contributed by atoms with Crippen LogP contribution in [-0.4, -0.2) is 16.5 Å². The van der Waals surface area contributed by atoms with E-state index in [4.69, 9.17) is 4.99 Å². The highest BCUT2D eigenvalue weighted by molar-refractivity contribution is 8.14. The Morgan fingerprint density at radius 3 is 2.74 bits per heavy atom. The second-order valence-corrected chi connectivity index (χ2v) is 6.52. The predicted molar refractivity (Wildman–Crippen MR) is 84.8 cm³/mol. The van der Waals surface area contributed by atoms with E-state index in [2.05, 4.69) is 61.6 Å². The van der Waals surface area contributed by atoms with Gasteiger partial charge in [-0.25, -0.2) is 0 Å². The van der Waals surface area contributed by atoms with E-state index in [0.717, 1.165) is 17.5 Å². The standard InChI is InChI=1S/C16H18N2S/c1-16(2)11-19-15(18-16)17-10-13-8-5-7-12-6-3-4-9-14(12)13/h3-9H,10-11H2,1-2H3,(H,17,18). The van der Waals surface area contributed by atoms with Crippen LogP contribution >= 0.6 is 11.8 Å². The van der Waals surface area contributed by atoms with Crippen LogP contribution in [0.2, 0.25) is 0 Å². The van der Waals surface area contributed by atoms with Crippen LogP contribution in [0, 0.1) is 0 Å². The first kappa shape index (κ1) is 12.5. The molecular weight excluding hydrogens is 252 g/mol. The first-order valence-corrected chi connectivity index (χ1v) is 7.55. The third kappa shape index (κ3) is 2.76. The lowest BCUT2D eigenvalue weighted by Gasteiger charge is -2.15. The van der Waals surface area contributed by atoms with Gasteiger partial charge in [-0.3, -0.25) is 4.99 Å². The third-order valence-corrected chi connectivity index (χ3v) is 4.66. The molecule has 2 nitrogen and oxygen atoms in total. The van der Waals surface area contributed by atoms with E-state index in [9.17, 15) is 0 Å². The highest BCUT2D eigenvalue weighted by Crippen LogP contribution is 2.24. The molecule has 98 valence electrons. The van der Waals surface area contributed by atoms with Gasteiger partial charge in [0, 0.05) is 11.3 Å². The molecule has 1 aliphatic rings. The summed E-state index contributed by atoms with van der Waals surface area (Å²) in [6.45, 7) is 5.16. The van der Waals surface area contributed by atoms with E-state index in [1.54, 1.807) is 0 Å². The minimum Gasteiger partial charge on any atom is -0.359 e. The first-order valence-electron chi connectivity index (χ1n) is 6.56. The Bertz CT molecular complexity index is 626. The fourth-order valence-electron chi connectivity index (χ4n) is 2.28. The first-order chi connectivity index (χ1) is 9.14. The van der Waals surface area contributed by atoms with Crippen LogP contribution in [-0.2, 0) is 6.54 Å². The van der Waals surface area contributed by atoms with Gasteiger partial charge in [0.1, 0.15) is 0 Å². The lowest BCUT2D eigenvalue weighted by Crippen LogP contribution is -2.36. The highest BCUT2D eigenvalue weighted by atomic mass is 32.2. The van der Waals surface area contributed by atoms with Gasteiger partial charge in [0.25, 0.3) is 0 Å². The molecule has 1 aliphatic heterocycles. The number of hydrogen-bond acceptors (Lipinski definition) is 2. The molecule has 19 heavy (non-hydrogen) atoms. The normalized spacial score (nSPS) is 19.8. The molecule has 0 atom stereocenters. The van der Waals surface area contributed by atoms with Gasteiger partial charge < -0.3 is 5.32 Å². The van der Waals surface area contributed by atoms with Crippen molar-refractivity contribution in [2.24, 2.45) is 4.99 Å². The smallest absolute Gasteiger partial charge is 0.157 e. The van der Waals surface area contributed by atoms with Crippen molar-refractivity contribution in [3.8, 4) is 0 Å². The van der Waals surface area contributed by atoms with Gasteiger partial charge in [-0.15, -0.1) is 0 Å². The molecule has 0 amide bonds. The van der Waals surface area contributed by atoms with E-state index >= 15 is 0 Å². The predicted octanol–water partition coefficient (Wildman–Crippen LogP) is 3.81. The summed E-state index contributed by atoms with van der Waals surface area (Å²) in [4.78, 5) is 4.71. The fourth-order valence-corrected chi connectivity index (χ4v) is 3.36. The molecule has 0 radical (unpaired) electrons. The Hall–Kier alpha value is -1.48. The maximum Gasteiger partial charge on any atom is 0.157 e. The molecule has 1 saturated heterocycles. The number of aliphatic imine (C=N–C) groups is 1. The Morgan fingerprint density at radius 1 is 1.16 bits per heavy atom. The molecule has 3 rings (SSSR count). The Morgan fingerprint density at radius 2 is 1.95 bits per heavy atom. The average Bonchev–Trinajstić information content (AvgIpc) is 2.76. The number of nitrogens with one attached hydrogen (secondary N) is 1. The molecule has 0 aliphatic carbocycles. The molecule has 0 spiro atoms. The summed E-state index contributed by atoms with van der Waals surface area (Å²) in [7, 11) is 0. The van der Waals surface area contributed by atoms with Gasteiger partial charge >= 0.3 is 0 Å². The summed E-state index contributed by atoms with van der Waals surface area (Å²) < 4.78 is 0. The molecule has 3 heteroatoms. The molecule has 0 bridgehead atoms. The molecule has 2 aromatic carbocycles. The highest BCUT2D eigenvalue weighted by Gasteiger charge is 2.27. The molecule has 1 N–H and O–H groups in total. The number of rotatable bonds is 2. The molecule has 0 unspecified atom stereocenters. The molecule has 2 aromatic rings. The quantitative estimate of drug-likeness (QED) is 0.897. The van der Waals surface area contributed by atoms with E-state index in [-0.39, 0.29) is 5.54 Å². The van der Waals surface area contributed by atoms with Gasteiger partial charge in [0.2, 0.25) is 0 Å². The van der Waals surface area contributed by atoms with Crippen molar-refractivity contribution in [2.45, 2.75) is 25.9 Å². The number of thioether (sulfide) groups is 1. The topological polar surface area (TPSA) is 24.4 Å². The summed E-state index contributed by atoms with van der Waals surface area (Å²) in [6, 6.07) is 14.9. The summed E-state index contributed by atoms with van der Waals surface area (Å²) in [5.74, 6) is 1.08. The molecule has 1 fully saturated rings. The van der Waals surface area contributed by atoms with Crippen LogP contribution in [0.15, 0.2) is 47.5 Å². The van der Waals surface area contributed by atoms with Crippen molar-refractivity contribution in [3.63, 3.8) is 0 Å². The zero-order valence-corrected chi connectivity index (χ0v) is 12.1. The fraction of sp³-hybridized carbons (Fsp3) is 0.312. The lowest BCUT2D eigenvalue weighted by molar-refractivity contribution is 0.536. The van der Waals surface area contributed by atoms with E-state index < -0.39 is 0 Å². The van der Waals surface area contributed by atoms with Crippen molar-refractivity contribution < 1.29 is 0 Å². The number of fused-ring (bicyclic) bond motifs is 1. The summed E-state index contributed by atoms with van der Waals surface area (Å²) in [5, 5.41) is 7.12. The zero-order chi connectivity index (χ0) is 13.3. The molecule has 0 aromatic heterocycles. The molecular formula is C16H18N2S. The maximum absolute atomic E-state index is 4.71. The van der Waals surface area contributed by atoms with E-state index in [1.165, 1.54) is 16.3 Å². The van der Waals surface area contributed by atoms with Gasteiger partial charge in [-0.05, 0) is 30.2 Å². The second kappa shape index (κ2) is 4.89. The van der Waals surface area contributed by atoms with Crippen LogP contribution in [0.25, 0.3) is 10.8 Å².